The van der Waals surface area contributed by atoms with Crippen molar-refractivity contribution in [1.82, 2.24) is 14.9 Å². The lowest BCUT2D eigenvalue weighted by Crippen LogP contribution is -2.49. The van der Waals surface area contributed by atoms with Crippen molar-refractivity contribution in [3.05, 3.63) is 46.6 Å². The van der Waals surface area contributed by atoms with Crippen LogP contribution in [0.5, 0.6) is 0 Å². The van der Waals surface area contributed by atoms with Gasteiger partial charge in [-0.3, -0.25) is 4.79 Å². The highest BCUT2D eigenvalue weighted by Crippen LogP contribution is 2.21. The Bertz CT molecular complexity index is 804. The SMILES string of the molecule is O=C(c1ccccc1Br)N1CCN(c2ccnc(N3CCOCC3)n2)CC1. The van der Waals surface area contributed by atoms with Crippen molar-refractivity contribution < 1.29 is 9.53 Å². The first-order valence-corrected chi connectivity index (χ1v) is 9.96. The van der Waals surface area contributed by atoms with Crippen LogP contribution in [0.3, 0.4) is 0 Å². The van der Waals surface area contributed by atoms with Crippen LogP contribution >= 0.6 is 15.9 Å². The first kappa shape index (κ1) is 18.2. The fraction of sp³-hybridized carbons (Fsp3) is 0.421. The maximum absolute atomic E-state index is 12.8. The molecule has 1 aromatic carbocycles. The topological polar surface area (TPSA) is 61.8 Å². The third kappa shape index (κ3) is 4.06. The number of piperazine rings is 1. The number of carbonyl (C=O) groups excluding carboxylic acids is 1. The van der Waals surface area contributed by atoms with E-state index in [0.29, 0.717) is 31.9 Å². The Balaban J connectivity index is 1.40. The highest BCUT2D eigenvalue weighted by Gasteiger charge is 2.24. The number of aromatic nitrogens is 2. The number of morpholine rings is 1. The van der Waals surface area contributed by atoms with Crippen LogP contribution in [0.4, 0.5) is 11.8 Å². The summed E-state index contributed by atoms with van der Waals surface area (Å²) in [7, 11) is 0. The van der Waals surface area contributed by atoms with Gasteiger partial charge < -0.3 is 19.4 Å². The van der Waals surface area contributed by atoms with Crippen LogP contribution in [0.2, 0.25) is 0 Å². The van der Waals surface area contributed by atoms with Crippen molar-refractivity contribution in [1.29, 1.82) is 0 Å². The van der Waals surface area contributed by atoms with Gasteiger partial charge in [0, 0.05) is 49.9 Å². The lowest BCUT2D eigenvalue weighted by Gasteiger charge is -2.36. The third-order valence-corrected chi connectivity index (χ3v) is 5.61. The summed E-state index contributed by atoms with van der Waals surface area (Å²) in [6, 6.07) is 9.51. The molecule has 2 saturated heterocycles. The number of anilines is 2. The molecule has 0 aliphatic carbocycles. The Morgan fingerprint density at radius 1 is 0.963 bits per heavy atom. The average Bonchev–Trinajstić information content (AvgIpc) is 2.74. The molecule has 1 aromatic heterocycles. The zero-order valence-corrected chi connectivity index (χ0v) is 16.6. The Labute approximate surface area is 167 Å². The minimum atomic E-state index is 0.0684. The average molecular weight is 432 g/mol. The molecule has 7 nitrogen and oxygen atoms in total. The van der Waals surface area contributed by atoms with Gasteiger partial charge in [0.2, 0.25) is 5.95 Å². The summed E-state index contributed by atoms with van der Waals surface area (Å²) in [4.78, 5) is 28.2. The molecule has 27 heavy (non-hydrogen) atoms. The molecule has 3 heterocycles. The molecule has 0 atom stereocenters. The fourth-order valence-electron chi connectivity index (χ4n) is 3.37. The van der Waals surface area contributed by atoms with Crippen LogP contribution in [0, 0.1) is 0 Å². The summed E-state index contributed by atoms with van der Waals surface area (Å²) in [6.07, 6.45) is 1.81. The number of benzene rings is 1. The molecule has 0 bridgehead atoms. The number of nitrogens with zero attached hydrogens (tertiary/aromatic N) is 5. The van der Waals surface area contributed by atoms with E-state index in [4.69, 9.17) is 9.72 Å². The monoisotopic (exact) mass is 431 g/mol. The molecule has 0 saturated carbocycles. The van der Waals surface area contributed by atoms with E-state index in [1.807, 2.05) is 41.4 Å². The summed E-state index contributed by atoms with van der Waals surface area (Å²) < 4.78 is 6.23. The van der Waals surface area contributed by atoms with E-state index < -0.39 is 0 Å². The number of hydrogen-bond acceptors (Lipinski definition) is 6. The second-order valence-electron chi connectivity index (χ2n) is 6.57. The van der Waals surface area contributed by atoms with E-state index in [9.17, 15) is 4.79 Å². The minimum absolute atomic E-state index is 0.0684. The van der Waals surface area contributed by atoms with E-state index in [2.05, 4.69) is 30.7 Å². The normalized spacial score (nSPS) is 17.9. The molecule has 0 N–H and O–H groups in total. The number of ether oxygens (including phenoxy) is 1. The third-order valence-electron chi connectivity index (χ3n) is 4.92. The van der Waals surface area contributed by atoms with Gasteiger partial charge in [0.1, 0.15) is 5.82 Å². The van der Waals surface area contributed by atoms with Crippen LogP contribution in [0.1, 0.15) is 10.4 Å². The molecule has 0 radical (unpaired) electrons. The molecule has 2 aliphatic rings. The van der Waals surface area contributed by atoms with E-state index in [1.165, 1.54) is 0 Å². The molecule has 2 aliphatic heterocycles. The molecule has 142 valence electrons. The van der Waals surface area contributed by atoms with E-state index in [0.717, 1.165) is 42.4 Å². The van der Waals surface area contributed by atoms with Crippen molar-refractivity contribution >= 4 is 33.6 Å². The van der Waals surface area contributed by atoms with Gasteiger partial charge in [0.15, 0.2) is 0 Å². The van der Waals surface area contributed by atoms with Gasteiger partial charge in [-0.1, -0.05) is 12.1 Å². The van der Waals surface area contributed by atoms with Crippen LogP contribution in [0.25, 0.3) is 0 Å². The lowest BCUT2D eigenvalue weighted by atomic mass is 10.2. The van der Waals surface area contributed by atoms with Crippen molar-refractivity contribution in [2.75, 3.05) is 62.3 Å². The summed E-state index contributed by atoms with van der Waals surface area (Å²) >= 11 is 3.47. The van der Waals surface area contributed by atoms with Gasteiger partial charge in [-0.2, -0.15) is 4.98 Å². The second kappa shape index (κ2) is 8.22. The molecule has 2 fully saturated rings. The van der Waals surface area contributed by atoms with Crippen molar-refractivity contribution in [2.24, 2.45) is 0 Å². The molecule has 0 spiro atoms. The van der Waals surface area contributed by atoms with Crippen LogP contribution in [-0.2, 0) is 4.74 Å². The van der Waals surface area contributed by atoms with Gasteiger partial charge in [-0.05, 0) is 34.1 Å². The quantitative estimate of drug-likeness (QED) is 0.740. The zero-order valence-electron chi connectivity index (χ0n) is 15.1. The molecule has 8 heteroatoms. The minimum Gasteiger partial charge on any atom is -0.378 e. The lowest BCUT2D eigenvalue weighted by molar-refractivity contribution is 0.0745. The Morgan fingerprint density at radius 2 is 1.70 bits per heavy atom. The maximum Gasteiger partial charge on any atom is 0.255 e. The molecular weight excluding hydrogens is 410 g/mol. The fourth-order valence-corrected chi connectivity index (χ4v) is 3.83. The highest BCUT2D eigenvalue weighted by molar-refractivity contribution is 9.10. The highest BCUT2D eigenvalue weighted by atomic mass is 79.9. The van der Waals surface area contributed by atoms with E-state index in [-0.39, 0.29) is 5.91 Å². The zero-order chi connectivity index (χ0) is 18.6. The Morgan fingerprint density at radius 3 is 2.44 bits per heavy atom. The molecule has 4 rings (SSSR count). The summed E-state index contributed by atoms with van der Waals surface area (Å²) in [5, 5.41) is 0. The van der Waals surface area contributed by atoms with E-state index in [1.54, 1.807) is 0 Å². The number of amides is 1. The van der Waals surface area contributed by atoms with Gasteiger partial charge in [0.05, 0.1) is 18.8 Å². The molecule has 2 aromatic rings. The van der Waals surface area contributed by atoms with Crippen molar-refractivity contribution in [2.45, 2.75) is 0 Å². The van der Waals surface area contributed by atoms with Crippen LogP contribution in [0.15, 0.2) is 41.0 Å². The summed E-state index contributed by atoms with van der Waals surface area (Å²) in [5.41, 5.74) is 0.711. The van der Waals surface area contributed by atoms with Crippen molar-refractivity contribution in [3.8, 4) is 0 Å². The number of hydrogen-bond donors (Lipinski definition) is 0. The summed E-state index contributed by atoms with van der Waals surface area (Å²) in [5.74, 6) is 1.74. The van der Waals surface area contributed by atoms with Gasteiger partial charge >= 0.3 is 0 Å². The number of rotatable bonds is 3. The molecule has 1 amide bonds. The second-order valence-corrected chi connectivity index (χ2v) is 7.43. The van der Waals surface area contributed by atoms with E-state index >= 15 is 0 Å². The van der Waals surface area contributed by atoms with Gasteiger partial charge in [-0.25, -0.2) is 4.98 Å². The Hall–Kier alpha value is -2.19. The van der Waals surface area contributed by atoms with Crippen LogP contribution < -0.4 is 9.80 Å². The predicted octanol–water partition coefficient (Wildman–Crippen LogP) is 2.04. The maximum atomic E-state index is 12.8. The van der Waals surface area contributed by atoms with Gasteiger partial charge in [-0.15, -0.1) is 0 Å². The first-order chi connectivity index (χ1) is 13.2. The van der Waals surface area contributed by atoms with Gasteiger partial charge in [0.25, 0.3) is 5.91 Å². The predicted molar refractivity (Wildman–Crippen MR) is 107 cm³/mol. The Kier molecular flexibility index (Phi) is 5.54. The molecular formula is C19H22BrN5O2. The standard InChI is InChI=1S/C19H22BrN5O2/c20-16-4-2-1-3-15(16)18(26)24-9-7-23(8-10-24)17-5-6-21-19(22-17)25-11-13-27-14-12-25/h1-6H,7-14H2. The van der Waals surface area contributed by atoms with Crippen LogP contribution in [-0.4, -0.2) is 73.3 Å². The van der Waals surface area contributed by atoms with Crippen molar-refractivity contribution in [3.63, 3.8) is 0 Å². The summed E-state index contributed by atoms with van der Waals surface area (Å²) in [6.45, 7) is 5.93. The largest absolute Gasteiger partial charge is 0.378 e. The first-order valence-electron chi connectivity index (χ1n) is 9.17. The number of carbonyl (C=O) groups is 1. The number of halogens is 1. The smallest absolute Gasteiger partial charge is 0.255 e. The molecule has 0 unspecified atom stereocenters.